The summed E-state index contributed by atoms with van der Waals surface area (Å²) in [6.45, 7) is 0. The van der Waals surface area contributed by atoms with Gasteiger partial charge in [-0.15, -0.1) is 0 Å². The molecule has 2 aromatic carbocycles. The molecular formula is C16H13BrClNO. The maximum atomic E-state index is 12.2. The van der Waals surface area contributed by atoms with Gasteiger partial charge in [-0.1, -0.05) is 51.8 Å². The number of hydrogen-bond acceptors (Lipinski definition) is 1. The highest BCUT2D eigenvalue weighted by molar-refractivity contribution is 9.10. The van der Waals surface area contributed by atoms with Crippen LogP contribution >= 0.6 is 27.5 Å². The van der Waals surface area contributed by atoms with Crippen LogP contribution in [0.1, 0.15) is 17.9 Å². The summed E-state index contributed by atoms with van der Waals surface area (Å²) < 4.78 is 0.953. The maximum Gasteiger partial charge on any atom is 0.228 e. The molecule has 1 saturated carbocycles. The van der Waals surface area contributed by atoms with Crippen molar-refractivity contribution in [2.45, 2.75) is 12.3 Å². The van der Waals surface area contributed by atoms with Crippen LogP contribution in [0.5, 0.6) is 0 Å². The number of rotatable bonds is 3. The van der Waals surface area contributed by atoms with Crippen molar-refractivity contribution in [2.24, 2.45) is 5.92 Å². The summed E-state index contributed by atoms with van der Waals surface area (Å²) in [6, 6.07) is 15.4. The van der Waals surface area contributed by atoms with Gasteiger partial charge in [0.15, 0.2) is 0 Å². The average molecular weight is 351 g/mol. The molecule has 1 N–H and O–H groups in total. The number of nitrogens with one attached hydrogen (secondary N) is 1. The molecule has 1 aliphatic rings. The van der Waals surface area contributed by atoms with Gasteiger partial charge < -0.3 is 5.32 Å². The first-order valence-corrected chi connectivity index (χ1v) is 7.63. The lowest BCUT2D eigenvalue weighted by Gasteiger charge is -2.06. The van der Waals surface area contributed by atoms with Gasteiger partial charge in [-0.3, -0.25) is 4.79 Å². The van der Waals surface area contributed by atoms with E-state index >= 15 is 0 Å². The first-order valence-electron chi connectivity index (χ1n) is 6.46. The highest BCUT2D eigenvalue weighted by Crippen LogP contribution is 2.50. The predicted octanol–water partition coefficient (Wildman–Crippen LogP) is 4.84. The van der Waals surface area contributed by atoms with Crippen LogP contribution in [0.2, 0.25) is 5.02 Å². The third-order valence-electron chi connectivity index (χ3n) is 3.52. The van der Waals surface area contributed by atoms with Crippen molar-refractivity contribution >= 4 is 39.1 Å². The molecular weight excluding hydrogens is 338 g/mol. The van der Waals surface area contributed by atoms with E-state index in [-0.39, 0.29) is 17.7 Å². The van der Waals surface area contributed by atoms with Gasteiger partial charge in [0.1, 0.15) is 0 Å². The SMILES string of the molecule is O=C(Nc1cccc(Br)c1)C1CC1c1ccccc1Cl. The molecule has 0 radical (unpaired) electrons. The van der Waals surface area contributed by atoms with Crippen LogP contribution < -0.4 is 5.32 Å². The molecule has 1 aliphatic carbocycles. The fraction of sp³-hybridized carbons (Fsp3) is 0.188. The Morgan fingerprint density at radius 1 is 1.20 bits per heavy atom. The van der Waals surface area contributed by atoms with Crippen molar-refractivity contribution in [3.63, 3.8) is 0 Å². The molecule has 102 valence electrons. The zero-order valence-corrected chi connectivity index (χ0v) is 13.0. The summed E-state index contributed by atoms with van der Waals surface area (Å²) >= 11 is 9.57. The number of hydrogen-bond donors (Lipinski definition) is 1. The Kier molecular flexibility index (Phi) is 3.81. The Balaban J connectivity index is 1.68. The van der Waals surface area contributed by atoms with Crippen molar-refractivity contribution < 1.29 is 4.79 Å². The quantitative estimate of drug-likeness (QED) is 0.843. The van der Waals surface area contributed by atoms with Gasteiger partial charge in [0.25, 0.3) is 0 Å². The van der Waals surface area contributed by atoms with Gasteiger partial charge in [0.05, 0.1) is 0 Å². The monoisotopic (exact) mass is 349 g/mol. The summed E-state index contributed by atoms with van der Waals surface area (Å²) in [5.41, 5.74) is 1.89. The van der Waals surface area contributed by atoms with Crippen LogP contribution in [0.3, 0.4) is 0 Å². The van der Waals surface area contributed by atoms with Crippen LogP contribution in [-0.4, -0.2) is 5.91 Å². The Labute approximate surface area is 131 Å². The molecule has 2 nitrogen and oxygen atoms in total. The molecule has 0 saturated heterocycles. The lowest BCUT2D eigenvalue weighted by molar-refractivity contribution is -0.117. The molecule has 0 spiro atoms. The van der Waals surface area contributed by atoms with Crippen molar-refractivity contribution in [2.75, 3.05) is 5.32 Å². The molecule has 0 heterocycles. The van der Waals surface area contributed by atoms with E-state index in [9.17, 15) is 4.79 Å². The molecule has 20 heavy (non-hydrogen) atoms. The minimum Gasteiger partial charge on any atom is -0.326 e. The standard InChI is InChI=1S/C16H13BrClNO/c17-10-4-3-5-11(8-10)19-16(20)14-9-13(14)12-6-1-2-7-15(12)18/h1-8,13-14H,9H2,(H,19,20). The van der Waals surface area contributed by atoms with E-state index in [1.165, 1.54) is 0 Å². The first-order chi connectivity index (χ1) is 9.65. The smallest absolute Gasteiger partial charge is 0.228 e. The van der Waals surface area contributed by atoms with Crippen molar-refractivity contribution in [1.82, 2.24) is 0 Å². The van der Waals surface area contributed by atoms with Gasteiger partial charge in [-0.05, 0) is 42.2 Å². The van der Waals surface area contributed by atoms with Crippen LogP contribution in [0, 0.1) is 5.92 Å². The Morgan fingerprint density at radius 3 is 2.75 bits per heavy atom. The zero-order chi connectivity index (χ0) is 14.1. The highest BCUT2D eigenvalue weighted by Gasteiger charge is 2.44. The van der Waals surface area contributed by atoms with Gasteiger partial charge in [0, 0.05) is 21.1 Å². The second-order valence-corrected chi connectivity index (χ2v) is 6.29. The lowest BCUT2D eigenvalue weighted by atomic mass is 10.1. The summed E-state index contributed by atoms with van der Waals surface area (Å²) in [5.74, 6) is 0.331. The number of anilines is 1. The molecule has 3 rings (SSSR count). The number of benzene rings is 2. The second-order valence-electron chi connectivity index (χ2n) is 4.97. The van der Waals surface area contributed by atoms with E-state index in [1.54, 1.807) is 0 Å². The summed E-state index contributed by atoms with van der Waals surface area (Å²) in [5, 5.41) is 3.70. The van der Waals surface area contributed by atoms with Crippen LogP contribution in [0.4, 0.5) is 5.69 Å². The third kappa shape index (κ3) is 2.89. The molecule has 0 bridgehead atoms. The molecule has 4 heteroatoms. The maximum absolute atomic E-state index is 12.2. The topological polar surface area (TPSA) is 29.1 Å². The number of carbonyl (C=O) groups is 1. The normalized spacial score (nSPS) is 20.5. The van der Waals surface area contributed by atoms with Crippen molar-refractivity contribution in [1.29, 1.82) is 0 Å². The van der Waals surface area contributed by atoms with E-state index in [0.717, 1.165) is 27.2 Å². The first kappa shape index (κ1) is 13.7. The van der Waals surface area contributed by atoms with Gasteiger partial charge in [-0.25, -0.2) is 0 Å². The number of carbonyl (C=O) groups excluding carboxylic acids is 1. The lowest BCUT2D eigenvalue weighted by Crippen LogP contribution is -2.14. The number of amides is 1. The molecule has 1 fully saturated rings. The summed E-state index contributed by atoms with van der Waals surface area (Å²) in [6.07, 6.45) is 0.865. The Morgan fingerprint density at radius 2 is 2.00 bits per heavy atom. The second kappa shape index (κ2) is 5.58. The van der Waals surface area contributed by atoms with Gasteiger partial charge >= 0.3 is 0 Å². The summed E-state index contributed by atoms with van der Waals surface area (Å²) in [7, 11) is 0. The zero-order valence-electron chi connectivity index (χ0n) is 10.6. The van der Waals surface area contributed by atoms with E-state index in [4.69, 9.17) is 11.6 Å². The summed E-state index contributed by atoms with van der Waals surface area (Å²) in [4.78, 5) is 12.2. The van der Waals surface area contributed by atoms with E-state index in [0.29, 0.717) is 0 Å². The minimum atomic E-state index is 0.0221. The van der Waals surface area contributed by atoms with Gasteiger partial charge in [0.2, 0.25) is 5.91 Å². The van der Waals surface area contributed by atoms with Crippen molar-refractivity contribution in [3.05, 3.63) is 63.6 Å². The van der Waals surface area contributed by atoms with E-state index < -0.39 is 0 Å². The molecule has 0 aliphatic heterocycles. The molecule has 2 unspecified atom stereocenters. The van der Waals surface area contributed by atoms with Crippen LogP contribution in [0.15, 0.2) is 53.0 Å². The minimum absolute atomic E-state index is 0.0221. The van der Waals surface area contributed by atoms with E-state index in [1.807, 2.05) is 48.5 Å². The third-order valence-corrected chi connectivity index (χ3v) is 4.36. The molecule has 1 amide bonds. The van der Waals surface area contributed by atoms with Crippen LogP contribution in [-0.2, 0) is 4.79 Å². The molecule has 0 aromatic heterocycles. The Hall–Kier alpha value is -1.32. The number of halogens is 2. The fourth-order valence-electron chi connectivity index (χ4n) is 2.41. The molecule has 2 aromatic rings. The van der Waals surface area contributed by atoms with Crippen molar-refractivity contribution in [3.8, 4) is 0 Å². The van der Waals surface area contributed by atoms with Gasteiger partial charge in [-0.2, -0.15) is 0 Å². The fourth-order valence-corrected chi connectivity index (χ4v) is 3.08. The Bertz CT molecular complexity index is 658. The molecule has 2 atom stereocenters. The predicted molar refractivity (Wildman–Crippen MR) is 85.1 cm³/mol. The largest absolute Gasteiger partial charge is 0.326 e. The van der Waals surface area contributed by atoms with Crippen LogP contribution in [0.25, 0.3) is 0 Å². The highest BCUT2D eigenvalue weighted by atomic mass is 79.9. The van der Waals surface area contributed by atoms with E-state index in [2.05, 4.69) is 21.2 Å². The average Bonchev–Trinajstić information content (AvgIpc) is 3.19.